The zero-order chi connectivity index (χ0) is 28.0. The number of amides is 1. The van der Waals surface area contributed by atoms with E-state index in [1.165, 1.54) is 24.3 Å². The second kappa shape index (κ2) is 9.98. The molecule has 0 atom stereocenters. The summed E-state index contributed by atoms with van der Waals surface area (Å²) in [4.78, 5) is 19.3. The van der Waals surface area contributed by atoms with Crippen molar-refractivity contribution in [3.63, 3.8) is 0 Å². The molecule has 0 radical (unpaired) electrons. The van der Waals surface area contributed by atoms with Crippen molar-refractivity contribution < 1.29 is 35.5 Å². The van der Waals surface area contributed by atoms with Crippen molar-refractivity contribution in [1.29, 1.82) is 0 Å². The molecule has 2 aliphatic rings. The second-order valence-corrected chi connectivity index (χ2v) is 11.5. The van der Waals surface area contributed by atoms with Crippen molar-refractivity contribution in [3.8, 4) is 16.9 Å². The number of halogens is 5. The van der Waals surface area contributed by atoms with E-state index < -0.39 is 39.1 Å². The molecule has 1 N–H and O–H groups in total. The van der Waals surface area contributed by atoms with Crippen molar-refractivity contribution in [2.75, 3.05) is 18.0 Å². The van der Waals surface area contributed by atoms with Gasteiger partial charge in [0.25, 0.3) is 15.9 Å². The molecule has 1 saturated heterocycles. The van der Waals surface area contributed by atoms with E-state index in [0.29, 0.717) is 18.0 Å². The fourth-order valence-electron chi connectivity index (χ4n) is 4.37. The van der Waals surface area contributed by atoms with Crippen LogP contribution >= 0.6 is 11.6 Å². The Bertz CT molecular complexity index is 1540. The lowest BCUT2D eigenvalue weighted by Gasteiger charge is -2.21. The van der Waals surface area contributed by atoms with Gasteiger partial charge >= 0.3 is 6.18 Å². The van der Waals surface area contributed by atoms with E-state index in [1.807, 2.05) is 9.62 Å². The van der Waals surface area contributed by atoms with Crippen LogP contribution in [0.1, 0.15) is 31.2 Å². The molecule has 206 valence electrons. The highest BCUT2D eigenvalue weighted by atomic mass is 35.5. The number of nitrogens with one attached hydrogen (secondary N) is 1. The van der Waals surface area contributed by atoms with Crippen molar-refractivity contribution in [2.45, 2.75) is 42.5 Å². The number of pyridine rings is 1. The van der Waals surface area contributed by atoms with Gasteiger partial charge in [-0.15, -0.1) is 0 Å². The summed E-state index contributed by atoms with van der Waals surface area (Å²) >= 11 is 6.09. The number of carbonyl (C=O) groups is 1. The van der Waals surface area contributed by atoms with Gasteiger partial charge in [-0.25, -0.2) is 14.1 Å². The van der Waals surface area contributed by atoms with Gasteiger partial charge in [0.05, 0.1) is 5.56 Å². The standard InChI is InChI=1S/C26H22ClF4N3O4S/c27-17-7-8-18(16-6-9-20(28)19(14-16)26(29,30)31)21(15-17)38-25(10-11-25)24(35)33-39(36,37)23-5-3-4-22(32-23)34-12-1-2-13-34/h3-9,14-15H,1-2,10-13H2,(H,33,35). The smallest absolute Gasteiger partial charge is 0.419 e. The van der Waals surface area contributed by atoms with Crippen LogP contribution in [0.4, 0.5) is 23.4 Å². The van der Waals surface area contributed by atoms with Crippen molar-refractivity contribution >= 4 is 33.3 Å². The Hall–Kier alpha value is -3.38. The molecule has 1 aliphatic heterocycles. The van der Waals surface area contributed by atoms with Crippen LogP contribution < -0.4 is 14.4 Å². The summed E-state index contributed by atoms with van der Waals surface area (Å²) in [5.41, 5.74) is -2.96. The lowest BCUT2D eigenvalue weighted by molar-refractivity contribution is -0.140. The number of rotatable bonds is 7. The molecule has 0 unspecified atom stereocenters. The van der Waals surface area contributed by atoms with E-state index in [9.17, 15) is 30.8 Å². The molecule has 0 spiro atoms. The number of hydrogen-bond donors (Lipinski definition) is 1. The molecule has 5 rings (SSSR count). The van der Waals surface area contributed by atoms with Gasteiger partial charge in [0.2, 0.25) is 0 Å². The van der Waals surface area contributed by atoms with Crippen LogP contribution in [0.25, 0.3) is 11.1 Å². The number of aromatic nitrogens is 1. The van der Waals surface area contributed by atoms with E-state index in [-0.39, 0.29) is 39.8 Å². The molecule has 7 nitrogen and oxygen atoms in total. The van der Waals surface area contributed by atoms with Crippen LogP contribution in [0, 0.1) is 5.82 Å². The molecular weight excluding hydrogens is 562 g/mol. The summed E-state index contributed by atoms with van der Waals surface area (Å²) in [6, 6.07) is 11.1. The molecule has 1 amide bonds. The number of sulfonamides is 1. The van der Waals surface area contributed by atoms with Gasteiger partial charge in [-0.3, -0.25) is 4.79 Å². The summed E-state index contributed by atoms with van der Waals surface area (Å²) < 4.78 is 87.7. The lowest BCUT2D eigenvalue weighted by atomic mass is 10.0. The number of nitrogens with zero attached hydrogens (tertiary/aromatic N) is 2. The second-order valence-electron chi connectivity index (χ2n) is 9.39. The minimum Gasteiger partial charge on any atom is -0.477 e. The van der Waals surface area contributed by atoms with Crippen LogP contribution in [0.2, 0.25) is 5.02 Å². The summed E-state index contributed by atoms with van der Waals surface area (Å²) in [6.07, 6.45) is -2.69. The van der Waals surface area contributed by atoms with E-state index in [1.54, 1.807) is 12.1 Å². The Morgan fingerprint density at radius 1 is 1.05 bits per heavy atom. The summed E-state index contributed by atoms with van der Waals surface area (Å²) in [7, 11) is -4.35. The average Bonchev–Trinajstić information content (AvgIpc) is 3.45. The average molecular weight is 584 g/mol. The fraction of sp³-hybridized carbons (Fsp3) is 0.308. The SMILES string of the molecule is O=C(NS(=O)(=O)c1cccc(N2CCCC2)n1)C1(Oc2cc(Cl)ccc2-c2ccc(F)c(C(F)(F)F)c2)CC1. The van der Waals surface area contributed by atoms with Gasteiger partial charge in [0.15, 0.2) is 10.6 Å². The molecule has 2 heterocycles. The van der Waals surface area contributed by atoms with E-state index in [2.05, 4.69) is 4.98 Å². The number of ether oxygens (including phenoxy) is 1. The predicted octanol–water partition coefficient (Wildman–Crippen LogP) is 5.58. The van der Waals surface area contributed by atoms with Crippen molar-refractivity contribution in [3.05, 3.63) is 71.0 Å². The molecule has 2 aromatic carbocycles. The molecule has 1 aliphatic carbocycles. The molecule has 1 saturated carbocycles. The number of anilines is 1. The third-order valence-electron chi connectivity index (χ3n) is 6.59. The van der Waals surface area contributed by atoms with Gasteiger partial charge in [-0.1, -0.05) is 23.7 Å². The molecule has 2 fully saturated rings. The first kappa shape index (κ1) is 27.2. The zero-order valence-electron chi connectivity index (χ0n) is 20.3. The molecule has 3 aromatic rings. The maximum Gasteiger partial charge on any atom is 0.419 e. The van der Waals surface area contributed by atoms with Crippen LogP contribution in [-0.2, 0) is 21.0 Å². The minimum atomic E-state index is -4.93. The monoisotopic (exact) mass is 583 g/mol. The Kier molecular flexibility index (Phi) is 6.96. The first-order chi connectivity index (χ1) is 18.4. The number of hydrogen-bond acceptors (Lipinski definition) is 6. The quantitative estimate of drug-likeness (QED) is 0.366. The van der Waals surface area contributed by atoms with E-state index in [0.717, 1.165) is 32.0 Å². The van der Waals surface area contributed by atoms with Gasteiger partial charge in [-0.2, -0.15) is 21.6 Å². The van der Waals surface area contributed by atoms with Gasteiger partial charge < -0.3 is 9.64 Å². The minimum absolute atomic E-state index is 0.0258. The maximum atomic E-state index is 13.9. The van der Waals surface area contributed by atoms with E-state index >= 15 is 0 Å². The summed E-state index contributed by atoms with van der Waals surface area (Å²) in [5.74, 6) is -1.95. The lowest BCUT2D eigenvalue weighted by Crippen LogP contribution is -2.43. The molecule has 0 bridgehead atoms. The largest absolute Gasteiger partial charge is 0.477 e. The van der Waals surface area contributed by atoms with Crippen LogP contribution in [0.3, 0.4) is 0 Å². The molecular formula is C26H22ClF4N3O4S. The summed E-state index contributed by atoms with van der Waals surface area (Å²) in [5, 5.41) is -0.163. The highest BCUT2D eigenvalue weighted by Crippen LogP contribution is 2.45. The zero-order valence-corrected chi connectivity index (χ0v) is 21.8. The Labute approximate surface area is 226 Å². The molecule has 13 heteroatoms. The fourth-order valence-corrected chi connectivity index (χ4v) is 5.54. The Balaban J connectivity index is 1.40. The van der Waals surface area contributed by atoms with Crippen LogP contribution in [0.5, 0.6) is 5.75 Å². The van der Waals surface area contributed by atoms with Gasteiger partial charge in [-0.05, 0) is 60.9 Å². The van der Waals surface area contributed by atoms with Crippen molar-refractivity contribution in [2.24, 2.45) is 0 Å². The first-order valence-corrected chi connectivity index (χ1v) is 13.9. The third-order valence-corrected chi connectivity index (χ3v) is 8.06. The van der Waals surface area contributed by atoms with Crippen molar-refractivity contribution in [1.82, 2.24) is 9.71 Å². The topological polar surface area (TPSA) is 88.6 Å². The number of carbonyl (C=O) groups excluding carboxylic acids is 1. The normalized spacial score (nSPS) is 16.7. The number of benzene rings is 2. The van der Waals surface area contributed by atoms with Crippen LogP contribution in [-0.4, -0.2) is 38.0 Å². The van der Waals surface area contributed by atoms with Crippen LogP contribution in [0.15, 0.2) is 59.6 Å². The molecule has 39 heavy (non-hydrogen) atoms. The van der Waals surface area contributed by atoms with Gasteiger partial charge in [0.1, 0.15) is 17.4 Å². The highest BCUT2D eigenvalue weighted by molar-refractivity contribution is 7.90. The predicted molar refractivity (Wildman–Crippen MR) is 135 cm³/mol. The molecule has 1 aromatic heterocycles. The number of alkyl halides is 3. The maximum absolute atomic E-state index is 13.9. The summed E-state index contributed by atoms with van der Waals surface area (Å²) in [6.45, 7) is 1.50. The van der Waals surface area contributed by atoms with E-state index in [4.69, 9.17) is 16.3 Å². The highest BCUT2D eigenvalue weighted by Gasteiger charge is 2.54. The Morgan fingerprint density at radius 2 is 1.77 bits per heavy atom. The first-order valence-electron chi connectivity index (χ1n) is 12.0. The Morgan fingerprint density at radius 3 is 2.44 bits per heavy atom. The third kappa shape index (κ3) is 5.67. The van der Waals surface area contributed by atoms with Gasteiger partial charge in [0, 0.05) is 36.5 Å².